The van der Waals surface area contributed by atoms with Crippen LogP contribution in [0.2, 0.25) is 25.7 Å². The van der Waals surface area contributed by atoms with Crippen molar-refractivity contribution in [2.24, 2.45) is 5.92 Å². The average molecular weight is 686 g/mol. The van der Waals surface area contributed by atoms with Gasteiger partial charge in [0.05, 0.1) is 13.0 Å². The topological polar surface area (TPSA) is 90.9 Å². The van der Waals surface area contributed by atoms with Crippen molar-refractivity contribution in [1.82, 2.24) is 5.32 Å². The summed E-state index contributed by atoms with van der Waals surface area (Å²) in [6.45, 7) is 17.3. The van der Waals surface area contributed by atoms with E-state index in [1.807, 2.05) is 55.0 Å². The fourth-order valence-corrected chi connectivity index (χ4v) is 7.90. The Morgan fingerprint density at radius 1 is 0.957 bits per heavy atom. The van der Waals surface area contributed by atoms with Crippen molar-refractivity contribution in [2.45, 2.75) is 96.0 Å². The van der Waals surface area contributed by atoms with Crippen molar-refractivity contribution in [2.75, 3.05) is 19.0 Å². The summed E-state index contributed by atoms with van der Waals surface area (Å²) in [4.78, 5) is 39.1. The lowest BCUT2D eigenvalue weighted by molar-refractivity contribution is -0.155. The molecule has 0 bridgehead atoms. The number of nitrogens with one attached hydrogen (secondary N) is 1. The first kappa shape index (κ1) is 37.8. The zero-order valence-corrected chi connectivity index (χ0v) is 31.2. The molecule has 252 valence electrons. The third-order valence-electron chi connectivity index (χ3n) is 7.32. The molecule has 3 rings (SSSR count). The van der Waals surface area contributed by atoms with E-state index in [1.165, 1.54) is 0 Å². The van der Waals surface area contributed by atoms with E-state index in [9.17, 15) is 14.4 Å². The van der Waals surface area contributed by atoms with Gasteiger partial charge in [0.15, 0.2) is 0 Å². The zero-order chi connectivity index (χ0) is 33.9. The lowest BCUT2D eigenvalue weighted by atomic mass is 9.98. The number of amides is 1. The highest BCUT2D eigenvalue weighted by Gasteiger charge is 2.32. The Kier molecular flexibility index (Phi) is 14.3. The van der Waals surface area contributed by atoms with E-state index in [2.05, 4.69) is 70.0 Å². The van der Waals surface area contributed by atoms with Crippen LogP contribution in [0, 0.1) is 5.92 Å². The highest BCUT2D eigenvalue weighted by Crippen LogP contribution is 2.44. The summed E-state index contributed by atoms with van der Waals surface area (Å²) >= 11 is 0. The van der Waals surface area contributed by atoms with E-state index in [0.29, 0.717) is 6.61 Å². The maximum Gasteiger partial charge on any atom is 0.407 e. The molecule has 1 aliphatic carbocycles. The number of fused-ring (bicyclic) bond motifs is 3. The second kappa shape index (κ2) is 17.5. The largest absolute Gasteiger partial charge is 0.466 e. The first-order chi connectivity index (χ1) is 21.6. The zero-order valence-electron chi connectivity index (χ0n) is 28.6. The number of hydrogen-bond donors (Lipinski definition) is 1. The number of esters is 2. The number of hydrogen-bond acceptors (Lipinski definition) is 8. The molecule has 0 heterocycles. The molecule has 2 aromatic rings. The molecule has 46 heavy (non-hydrogen) atoms. The van der Waals surface area contributed by atoms with Crippen LogP contribution in [0.3, 0.4) is 0 Å². The number of ether oxygens (including phenoxy) is 3. The lowest BCUT2D eigenvalue weighted by Gasteiger charge is -2.24. The van der Waals surface area contributed by atoms with Gasteiger partial charge in [-0.05, 0) is 46.7 Å². The maximum absolute atomic E-state index is 13.4. The van der Waals surface area contributed by atoms with E-state index < -0.39 is 38.3 Å². The van der Waals surface area contributed by atoms with Crippen LogP contribution in [0.1, 0.15) is 64.5 Å². The first-order valence-corrected chi connectivity index (χ1v) is 22.1. The molecule has 0 saturated heterocycles. The number of alkyl carbamates (subject to hydrolysis) is 1. The van der Waals surface area contributed by atoms with E-state index in [0.717, 1.165) is 40.5 Å². The molecular weight excluding hydrogens is 635 g/mol. The minimum absolute atomic E-state index is 0.0897. The van der Waals surface area contributed by atoms with Crippen molar-refractivity contribution in [3.63, 3.8) is 0 Å². The van der Waals surface area contributed by atoms with Crippen molar-refractivity contribution in [3.8, 4) is 11.1 Å². The fourth-order valence-electron chi connectivity index (χ4n) is 4.91. The minimum Gasteiger partial charge on any atom is -0.466 e. The van der Waals surface area contributed by atoms with Crippen LogP contribution in [0.15, 0.2) is 60.7 Å². The summed E-state index contributed by atoms with van der Waals surface area (Å²) in [6.07, 6.45) is 2.87. The van der Waals surface area contributed by atoms with E-state index in [4.69, 9.17) is 14.2 Å². The highest BCUT2D eigenvalue weighted by molar-refractivity contribution is 8.77. The molecule has 1 N–H and O–H groups in total. The van der Waals surface area contributed by atoms with Crippen molar-refractivity contribution in [1.29, 1.82) is 0 Å². The number of benzene rings is 2. The first-order valence-electron chi connectivity index (χ1n) is 16.1. The molecule has 0 aromatic heterocycles. The molecule has 0 saturated carbocycles. The maximum atomic E-state index is 13.4. The minimum atomic E-state index is -1.36. The standard InChI is InChI=1S/C36H51NO6S2Si/c1-25(2)33(37-35(40)42-24-31-29-18-11-9-16-27(29)28-17-10-12-19-30(28)31)34(39)43-26(15-13-14-21-44-45-36(3,4)5)23-32(38)41-20-22-46(6,7)8/h9-13,15-19,25-26,31,33H,14,20-24H2,1-8H3,(H,37,40)/b15-13+/t26-,33+/m1/s1. The highest BCUT2D eigenvalue weighted by atomic mass is 33.1. The van der Waals surface area contributed by atoms with E-state index in [-0.39, 0.29) is 29.6 Å². The molecule has 10 heteroatoms. The quantitative estimate of drug-likeness (QED) is 0.0468. The molecule has 0 aliphatic heterocycles. The molecular formula is C36H51NO6S2Si. The molecule has 1 aliphatic rings. The summed E-state index contributed by atoms with van der Waals surface area (Å²) in [5, 5.41) is 2.72. The Balaban J connectivity index is 1.61. The van der Waals surface area contributed by atoms with Gasteiger partial charge in [0.25, 0.3) is 0 Å². The SMILES string of the molecule is CC(C)[C@H](NC(=O)OCC1c2ccccc2-c2ccccc21)C(=O)O[C@H](/C=C/CCSSC(C)(C)C)CC(=O)OCC[Si](C)(C)C. The van der Waals surface area contributed by atoms with Crippen LogP contribution in [0.4, 0.5) is 4.79 Å². The van der Waals surface area contributed by atoms with Gasteiger partial charge >= 0.3 is 18.0 Å². The molecule has 1 amide bonds. The predicted octanol–water partition coefficient (Wildman–Crippen LogP) is 8.86. The third kappa shape index (κ3) is 12.5. The van der Waals surface area contributed by atoms with Gasteiger partial charge < -0.3 is 19.5 Å². The van der Waals surface area contributed by atoms with Gasteiger partial charge in [-0.25, -0.2) is 9.59 Å². The lowest BCUT2D eigenvalue weighted by Crippen LogP contribution is -2.46. The Morgan fingerprint density at radius 3 is 2.13 bits per heavy atom. The molecule has 2 atom stereocenters. The summed E-state index contributed by atoms with van der Waals surface area (Å²) < 4.78 is 17.2. The number of carbonyl (C=O) groups is 3. The summed E-state index contributed by atoms with van der Waals surface area (Å²) in [5.41, 5.74) is 4.50. The Bertz CT molecular complexity index is 1300. The third-order valence-corrected chi connectivity index (χ3v) is 12.4. The average Bonchev–Trinajstić information content (AvgIpc) is 3.28. The van der Waals surface area contributed by atoms with Gasteiger partial charge in [-0.3, -0.25) is 4.79 Å². The monoisotopic (exact) mass is 685 g/mol. The molecule has 0 fully saturated rings. The Hall–Kier alpha value is -2.69. The molecule has 2 aromatic carbocycles. The van der Waals surface area contributed by atoms with E-state index >= 15 is 0 Å². The van der Waals surface area contributed by atoms with Gasteiger partial charge in [0.1, 0.15) is 18.8 Å². The smallest absolute Gasteiger partial charge is 0.407 e. The normalized spacial score (nSPS) is 14.5. The summed E-state index contributed by atoms with van der Waals surface area (Å²) in [5.74, 6) is -0.511. The van der Waals surface area contributed by atoms with Crippen LogP contribution < -0.4 is 5.32 Å². The second-order valence-electron chi connectivity index (χ2n) is 14.1. The van der Waals surface area contributed by atoms with Gasteiger partial charge in [-0.2, -0.15) is 0 Å². The second-order valence-corrected chi connectivity index (χ2v) is 23.0. The number of allylic oxidation sites excluding steroid dienone is 1. The van der Waals surface area contributed by atoms with Crippen LogP contribution >= 0.6 is 21.6 Å². The van der Waals surface area contributed by atoms with E-state index in [1.54, 1.807) is 16.9 Å². The van der Waals surface area contributed by atoms with Crippen molar-refractivity contribution in [3.05, 3.63) is 71.8 Å². The molecule has 0 radical (unpaired) electrons. The predicted molar refractivity (Wildman–Crippen MR) is 194 cm³/mol. The number of rotatable bonds is 16. The van der Waals surface area contributed by atoms with Crippen LogP contribution in [-0.2, 0) is 23.8 Å². The molecule has 0 unspecified atom stereocenters. The molecule has 7 nitrogen and oxygen atoms in total. The van der Waals surface area contributed by atoms with Crippen LogP contribution in [0.25, 0.3) is 11.1 Å². The Labute approximate surface area is 284 Å². The molecule has 0 spiro atoms. The van der Waals surface area contributed by atoms with Gasteiger partial charge in [-0.15, -0.1) is 0 Å². The van der Waals surface area contributed by atoms with Crippen LogP contribution in [-0.4, -0.2) is 62.0 Å². The summed E-state index contributed by atoms with van der Waals surface area (Å²) in [7, 11) is 2.24. The van der Waals surface area contributed by atoms with Gasteiger partial charge in [-0.1, -0.05) is 130 Å². The van der Waals surface area contributed by atoms with Gasteiger partial charge in [0, 0.05) is 24.5 Å². The Morgan fingerprint density at radius 2 is 1.57 bits per heavy atom. The van der Waals surface area contributed by atoms with Crippen molar-refractivity contribution < 1.29 is 28.6 Å². The number of carbonyl (C=O) groups excluding carboxylic acids is 3. The van der Waals surface area contributed by atoms with Crippen LogP contribution in [0.5, 0.6) is 0 Å². The summed E-state index contributed by atoms with van der Waals surface area (Å²) in [6, 6.07) is 16.2. The van der Waals surface area contributed by atoms with Gasteiger partial charge in [0.2, 0.25) is 0 Å². The fraction of sp³-hybridized carbons (Fsp3) is 0.528. The van der Waals surface area contributed by atoms with Crippen molar-refractivity contribution >= 4 is 47.7 Å².